The average Bonchev–Trinajstić information content (AvgIpc) is 3.07. The first-order valence-electron chi connectivity index (χ1n) is 7.81. The molecule has 140 valence electrons. The number of carbonyl (C=O) groups excluding carboxylic acids is 2. The van der Waals surface area contributed by atoms with Gasteiger partial charge < -0.3 is 28.6 Å². The van der Waals surface area contributed by atoms with Crippen molar-refractivity contribution in [2.45, 2.75) is 6.92 Å². The lowest BCUT2D eigenvalue weighted by Crippen LogP contribution is -2.20. The van der Waals surface area contributed by atoms with E-state index in [1.807, 2.05) is 0 Å². The zero-order valence-corrected chi connectivity index (χ0v) is 15.3. The number of benzene rings is 1. The number of ketones is 1. The summed E-state index contributed by atoms with van der Waals surface area (Å²) in [4.78, 5) is 26.9. The molecule has 8 heteroatoms. The Morgan fingerprint density at radius 1 is 1.23 bits per heavy atom. The zero-order valence-electron chi connectivity index (χ0n) is 15.3. The molecule has 8 nitrogen and oxygen atoms in total. The summed E-state index contributed by atoms with van der Waals surface area (Å²) in [7, 11) is 6.00. The van der Waals surface area contributed by atoms with Crippen LogP contribution in [0.3, 0.4) is 0 Å². The highest BCUT2D eigenvalue weighted by Crippen LogP contribution is 2.46. The monoisotopic (exact) mass is 363 g/mol. The van der Waals surface area contributed by atoms with Gasteiger partial charge in [-0.1, -0.05) is 0 Å². The van der Waals surface area contributed by atoms with Crippen molar-refractivity contribution in [3.05, 3.63) is 29.7 Å². The molecular formula is C18H21NO7. The Bertz CT molecular complexity index is 864. The Morgan fingerprint density at radius 2 is 1.88 bits per heavy atom. The second kappa shape index (κ2) is 7.81. The first kappa shape index (κ1) is 19.2. The molecule has 0 aliphatic heterocycles. The van der Waals surface area contributed by atoms with E-state index in [2.05, 4.69) is 0 Å². The lowest BCUT2D eigenvalue weighted by molar-refractivity contribution is -0.138. The van der Waals surface area contributed by atoms with E-state index in [0.29, 0.717) is 5.39 Å². The molecule has 0 radical (unpaired) electrons. The lowest BCUT2D eigenvalue weighted by atomic mass is 9.99. The van der Waals surface area contributed by atoms with Crippen LogP contribution in [0, 0.1) is 0 Å². The number of fused-ring (bicyclic) bond motifs is 1. The van der Waals surface area contributed by atoms with Crippen LogP contribution in [0.5, 0.6) is 17.2 Å². The van der Waals surface area contributed by atoms with E-state index in [4.69, 9.17) is 18.6 Å². The molecule has 1 heterocycles. The number of rotatable bonds is 7. The summed E-state index contributed by atoms with van der Waals surface area (Å²) in [5.41, 5.74) is -0.234. The molecule has 0 saturated heterocycles. The van der Waals surface area contributed by atoms with Crippen molar-refractivity contribution in [2.24, 2.45) is 0 Å². The average molecular weight is 363 g/mol. The van der Waals surface area contributed by atoms with Crippen LogP contribution in [0.2, 0.25) is 0 Å². The smallest absolute Gasteiger partial charge is 0.343 e. The highest BCUT2D eigenvalue weighted by Gasteiger charge is 2.32. The van der Waals surface area contributed by atoms with E-state index in [1.165, 1.54) is 31.6 Å². The Balaban J connectivity index is 2.76. The van der Waals surface area contributed by atoms with Gasteiger partial charge in [-0.15, -0.1) is 0 Å². The maximum atomic E-state index is 13.1. The van der Waals surface area contributed by atoms with Gasteiger partial charge in [-0.3, -0.25) is 4.79 Å². The van der Waals surface area contributed by atoms with E-state index in [1.54, 1.807) is 27.1 Å². The number of hydrogen-bond acceptors (Lipinski definition) is 8. The molecule has 2 rings (SSSR count). The fourth-order valence-electron chi connectivity index (χ4n) is 2.54. The van der Waals surface area contributed by atoms with Gasteiger partial charge in [0.1, 0.15) is 16.9 Å². The van der Waals surface area contributed by atoms with Crippen LogP contribution in [0.1, 0.15) is 17.3 Å². The van der Waals surface area contributed by atoms with Crippen molar-refractivity contribution in [3.8, 4) is 17.2 Å². The summed E-state index contributed by atoms with van der Waals surface area (Å²) in [6, 6.07) is 1.58. The maximum absolute atomic E-state index is 13.1. The molecule has 0 amide bonds. The SMILES string of the molecule is CCOC(=O)/C(=C\N(C)C)C(=O)c1c(O)c(OC)c2occc2c1OC. The Kier molecular flexibility index (Phi) is 5.76. The molecule has 0 aliphatic carbocycles. The van der Waals surface area contributed by atoms with Crippen LogP contribution >= 0.6 is 0 Å². The van der Waals surface area contributed by atoms with Gasteiger partial charge in [0, 0.05) is 20.3 Å². The van der Waals surface area contributed by atoms with Crippen molar-refractivity contribution in [3.63, 3.8) is 0 Å². The second-order valence-corrected chi connectivity index (χ2v) is 5.51. The molecule has 0 bridgehead atoms. The zero-order chi connectivity index (χ0) is 19.4. The molecule has 0 atom stereocenters. The number of Topliss-reactive ketones (excluding diaryl/α,β-unsaturated/α-hetero) is 1. The van der Waals surface area contributed by atoms with Crippen molar-refractivity contribution >= 4 is 22.7 Å². The third kappa shape index (κ3) is 3.30. The van der Waals surface area contributed by atoms with Gasteiger partial charge in [0.15, 0.2) is 11.3 Å². The highest BCUT2D eigenvalue weighted by atomic mass is 16.5. The standard InChI is InChI=1S/C18H21NO7/c1-6-25-18(22)11(9-19(2)3)13(20)12-14(21)17(24-5)16-10(7-8-26-16)15(12)23-4/h7-9,21H,6H2,1-5H3/b11-9-. The largest absolute Gasteiger partial charge is 0.504 e. The number of esters is 1. The van der Waals surface area contributed by atoms with E-state index in [9.17, 15) is 14.7 Å². The number of nitrogens with zero attached hydrogens (tertiary/aromatic N) is 1. The molecular weight excluding hydrogens is 342 g/mol. The molecule has 0 unspecified atom stereocenters. The van der Waals surface area contributed by atoms with Crippen molar-refractivity contribution in [1.29, 1.82) is 0 Å². The van der Waals surface area contributed by atoms with E-state index >= 15 is 0 Å². The number of methoxy groups -OCH3 is 2. The van der Waals surface area contributed by atoms with Crippen LogP contribution in [-0.2, 0) is 9.53 Å². The van der Waals surface area contributed by atoms with E-state index in [0.717, 1.165) is 0 Å². The van der Waals surface area contributed by atoms with Crippen LogP contribution in [0.15, 0.2) is 28.5 Å². The highest BCUT2D eigenvalue weighted by molar-refractivity contribution is 6.27. The van der Waals surface area contributed by atoms with Crippen LogP contribution in [0.4, 0.5) is 0 Å². The third-order valence-corrected chi connectivity index (χ3v) is 3.56. The summed E-state index contributed by atoms with van der Waals surface area (Å²) < 4.78 is 20.8. The van der Waals surface area contributed by atoms with Crippen molar-refractivity contribution in [2.75, 3.05) is 34.9 Å². The van der Waals surface area contributed by atoms with Crippen LogP contribution in [0.25, 0.3) is 11.0 Å². The van der Waals surface area contributed by atoms with Crippen LogP contribution < -0.4 is 9.47 Å². The quantitative estimate of drug-likeness (QED) is 0.263. The van der Waals surface area contributed by atoms with Gasteiger partial charge in [0.25, 0.3) is 0 Å². The number of phenolic OH excluding ortho intramolecular Hbond substituents is 1. The minimum Gasteiger partial charge on any atom is -0.504 e. The maximum Gasteiger partial charge on any atom is 0.343 e. The van der Waals surface area contributed by atoms with Gasteiger partial charge in [0.05, 0.1) is 32.5 Å². The second-order valence-electron chi connectivity index (χ2n) is 5.51. The predicted octanol–water partition coefficient (Wildman–Crippen LogP) is 2.35. The summed E-state index contributed by atoms with van der Waals surface area (Å²) in [5, 5.41) is 11.0. The normalized spacial score (nSPS) is 11.3. The van der Waals surface area contributed by atoms with Crippen molar-refractivity contribution < 1.29 is 33.3 Å². The molecule has 0 saturated carbocycles. The molecule has 1 N–H and O–H groups in total. The van der Waals surface area contributed by atoms with Gasteiger partial charge in [0.2, 0.25) is 11.5 Å². The molecule has 2 aromatic rings. The predicted molar refractivity (Wildman–Crippen MR) is 93.7 cm³/mol. The minimum absolute atomic E-state index is 0.0257. The molecule has 0 spiro atoms. The fourth-order valence-corrected chi connectivity index (χ4v) is 2.54. The van der Waals surface area contributed by atoms with Gasteiger partial charge in [-0.25, -0.2) is 4.79 Å². The summed E-state index contributed by atoms with van der Waals surface area (Å²) in [6.07, 6.45) is 2.70. The van der Waals surface area contributed by atoms with Crippen LogP contribution in [-0.4, -0.2) is 56.7 Å². The van der Waals surface area contributed by atoms with E-state index < -0.39 is 17.5 Å². The van der Waals surface area contributed by atoms with Crippen molar-refractivity contribution in [1.82, 2.24) is 4.90 Å². The Labute approximate surface area is 150 Å². The lowest BCUT2D eigenvalue weighted by Gasteiger charge is -2.16. The summed E-state index contributed by atoms with van der Waals surface area (Å²) in [5.74, 6) is -1.99. The molecule has 26 heavy (non-hydrogen) atoms. The number of phenols is 1. The summed E-state index contributed by atoms with van der Waals surface area (Å²) >= 11 is 0. The summed E-state index contributed by atoms with van der Waals surface area (Å²) in [6.45, 7) is 1.73. The Hall–Kier alpha value is -3.16. The molecule has 0 aliphatic rings. The first-order valence-corrected chi connectivity index (χ1v) is 7.81. The number of carbonyl (C=O) groups is 2. The number of ether oxygens (including phenoxy) is 3. The third-order valence-electron chi connectivity index (χ3n) is 3.56. The fraction of sp³-hybridized carbons (Fsp3) is 0.333. The minimum atomic E-state index is -0.807. The van der Waals surface area contributed by atoms with Gasteiger partial charge in [-0.05, 0) is 13.0 Å². The Morgan fingerprint density at radius 3 is 2.42 bits per heavy atom. The number of hydrogen-bond donors (Lipinski definition) is 1. The topological polar surface area (TPSA) is 98.4 Å². The van der Waals surface area contributed by atoms with Gasteiger partial charge >= 0.3 is 5.97 Å². The number of furan rings is 1. The number of aromatic hydroxyl groups is 1. The molecule has 1 aromatic carbocycles. The molecule has 1 aromatic heterocycles. The van der Waals surface area contributed by atoms with Gasteiger partial charge in [-0.2, -0.15) is 0 Å². The first-order chi connectivity index (χ1) is 12.4. The molecule has 0 fully saturated rings. The van der Waals surface area contributed by atoms with E-state index in [-0.39, 0.29) is 34.8 Å².